The van der Waals surface area contributed by atoms with E-state index in [1.54, 1.807) is 0 Å². The molecule has 3 nitrogen and oxygen atoms in total. The molecule has 1 heterocycles. The number of aromatic nitrogens is 2. The summed E-state index contributed by atoms with van der Waals surface area (Å²) in [6, 6.07) is 14.8. The van der Waals surface area contributed by atoms with E-state index in [1.807, 2.05) is 0 Å². The number of nitrogens with zero attached hydrogens (tertiary/aromatic N) is 1. The third kappa shape index (κ3) is 2.37. The molecule has 3 aromatic rings. The Morgan fingerprint density at radius 2 is 1.95 bits per heavy atom. The number of aromatic amines is 1. The summed E-state index contributed by atoms with van der Waals surface area (Å²) in [6.45, 7) is 2.72. The second-order valence-corrected chi connectivity index (χ2v) is 4.82. The highest BCUT2D eigenvalue weighted by molar-refractivity contribution is 5.82. The highest BCUT2D eigenvalue weighted by Gasteiger charge is 2.04. The van der Waals surface area contributed by atoms with E-state index in [9.17, 15) is 0 Å². The standard InChI is InChI=1S/C16H17N3/c1-11-3-2-4-12(9-11)13-5-6-14-15(10-13)19-16(18-14)7-8-17/h2-6,9-10H,7-8,17H2,1H3,(H,18,19). The van der Waals surface area contributed by atoms with Gasteiger partial charge in [0.25, 0.3) is 0 Å². The quantitative estimate of drug-likeness (QED) is 0.751. The van der Waals surface area contributed by atoms with Crippen molar-refractivity contribution >= 4 is 11.0 Å². The molecule has 0 aliphatic carbocycles. The van der Waals surface area contributed by atoms with Gasteiger partial charge in [-0.2, -0.15) is 0 Å². The maximum Gasteiger partial charge on any atom is 0.108 e. The highest BCUT2D eigenvalue weighted by atomic mass is 14.9. The largest absolute Gasteiger partial charge is 0.342 e. The number of benzene rings is 2. The van der Waals surface area contributed by atoms with Crippen LogP contribution in [-0.4, -0.2) is 16.5 Å². The second-order valence-electron chi connectivity index (χ2n) is 4.82. The van der Waals surface area contributed by atoms with Crippen molar-refractivity contribution in [3.8, 4) is 11.1 Å². The summed E-state index contributed by atoms with van der Waals surface area (Å²) in [6.07, 6.45) is 0.786. The molecule has 0 spiro atoms. The lowest BCUT2D eigenvalue weighted by molar-refractivity contribution is 0.900. The fourth-order valence-electron chi connectivity index (χ4n) is 2.32. The van der Waals surface area contributed by atoms with Crippen molar-refractivity contribution in [1.29, 1.82) is 0 Å². The monoisotopic (exact) mass is 251 g/mol. The lowest BCUT2D eigenvalue weighted by Crippen LogP contribution is -2.03. The maximum atomic E-state index is 5.56. The molecule has 0 atom stereocenters. The van der Waals surface area contributed by atoms with Gasteiger partial charge in [0, 0.05) is 6.42 Å². The molecule has 0 fully saturated rings. The van der Waals surface area contributed by atoms with Crippen LogP contribution < -0.4 is 5.73 Å². The number of hydrogen-bond donors (Lipinski definition) is 2. The molecule has 0 radical (unpaired) electrons. The number of nitrogens with two attached hydrogens (primary N) is 1. The minimum absolute atomic E-state index is 0.616. The molecule has 0 saturated carbocycles. The van der Waals surface area contributed by atoms with Gasteiger partial charge >= 0.3 is 0 Å². The van der Waals surface area contributed by atoms with Crippen molar-refractivity contribution < 1.29 is 0 Å². The molecule has 2 aromatic carbocycles. The first-order chi connectivity index (χ1) is 9.26. The molecule has 96 valence electrons. The number of imidazole rings is 1. The van der Waals surface area contributed by atoms with Gasteiger partial charge in [0.15, 0.2) is 0 Å². The Hall–Kier alpha value is -2.13. The number of fused-ring (bicyclic) bond motifs is 1. The van der Waals surface area contributed by atoms with Crippen molar-refractivity contribution in [2.45, 2.75) is 13.3 Å². The fraction of sp³-hybridized carbons (Fsp3) is 0.188. The normalized spacial score (nSPS) is 11.1. The average molecular weight is 251 g/mol. The zero-order valence-corrected chi connectivity index (χ0v) is 11.0. The molecule has 0 aliphatic heterocycles. The van der Waals surface area contributed by atoms with Crippen molar-refractivity contribution in [2.75, 3.05) is 6.54 Å². The molecule has 0 saturated heterocycles. The summed E-state index contributed by atoms with van der Waals surface area (Å²) >= 11 is 0. The summed E-state index contributed by atoms with van der Waals surface area (Å²) in [4.78, 5) is 7.85. The van der Waals surface area contributed by atoms with Crippen molar-refractivity contribution in [3.05, 3.63) is 53.9 Å². The van der Waals surface area contributed by atoms with Crippen molar-refractivity contribution in [3.63, 3.8) is 0 Å². The van der Waals surface area contributed by atoms with Crippen LogP contribution in [-0.2, 0) is 6.42 Å². The summed E-state index contributed by atoms with van der Waals surface area (Å²) in [5.41, 5.74) is 11.3. The highest BCUT2D eigenvalue weighted by Crippen LogP contribution is 2.24. The molecule has 3 rings (SSSR count). The Labute approximate surface area is 112 Å². The summed E-state index contributed by atoms with van der Waals surface area (Å²) < 4.78 is 0. The Bertz CT molecular complexity index is 713. The van der Waals surface area contributed by atoms with E-state index in [0.29, 0.717) is 6.54 Å². The van der Waals surface area contributed by atoms with Gasteiger partial charge in [0.05, 0.1) is 11.0 Å². The van der Waals surface area contributed by atoms with E-state index in [1.165, 1.54) is 16.7 Å². The Morgan fingerprint density at radius 1 is 1.11 bits per heavy atom. The molecule has 0 aliphatic rings. The van der Waals surface area contributed by atoms with E-state index >= 15 is 0 Å². The minimum Gasteiger partial charge on any atom is -0.342 e. The van der Waals surface area contributed by atoms with Crippen LogP contribution in [0.5, 0.6) is 0 Å². The van der Waals surface area contributed by atoms with Crippen LogP contribution in [0, 0.1) is 6.92 Å². The maximum absolute atomic E-state index is 5.56. The number of aryl methyl sites for hydroxylation is 1. The lowest BCUT2D eigenvalue weighted by atomic mass is 10.0. The van der Waals surface area contributed by atoms with Gasteiger partial charge in [0.1, 0.15) is 5.82 Å². The molecule has 0 amide bonds. The van der Waals surface area contributed by atoms with Crippen LogP contribution in [0.1, 0.15) is 11.4 Å². The van der Waals surface area contributed by atoms with Crippen molar-refractivity contribution in [2.24, 2.45) is 5.73 Å². The summed E-state index contributed by atoms with van der Waals surface area (Å²) in [5, 5.41) is 0. The van der Waals surface area contributed by atoms with Crippen LogP contribution in [0.3, 0.4) is 0 Å². The van der Waals surface area contributed by atoms with Crippen LogP contribution in [0.4, 0.5) is 0 Å². The molecule has 0 unspecified atom stereocenters. The van der Waals surface area contributed by atoms with E-state index in [0.717, 1.165) is 23.3 Å². The van der Waals surface area contributed by atoms with E-state index in [2.05, 4.69) is 59.4 Å². The van der Waals surface area contributed by atoms with Crippen LogP contribution in [0.25, 0.3) is 22.2 Å². The fourth-order valence-corrected chi connectivity index (χ4v) is 2.32. The number of H-pyrrole nitrogens is 1. The molecular weight excluding hydrogens is 234 g/mol. The second kappa shape index (κ2) is 4.86. The van der Waals surface area contributed by atoms with Gasteiger partial charge in [-0.25, -0.2) is 4.98 Å². The van der Waals surface area contributed by atoms with Crippen LogP contribution >= 0.6 is 0 Å². The first-order valence-electron chi connectivity index (χ1n) is 6.52. The van der Waals surface area contributed by atoms with Gasteiger partial charge in [0.2, 0.25) is 0 Å². The van der Waals surface area contributed by atoms with Crippen molar-refractivity contribution in [1.82, 2.24) is 9.97 Å². The number of hydrogen-bond acceptors (Lipinski definition) is 2. The number of rotatable bonds is 3. The Kier molecular flexibility index (Phi) is 3.05. The third-order valence-electron chi connectivity index (χ3n) is 3.26. The van der Waals surface area contributed by atoms with Gasteiger partial charge in [-0.05, 0) is 36.7 Å². The molecule has 19 heavy (non-hydrogen) atoms. The topological polar surface area (TPSA) is 54.7 Å². The van der Waals surface area contributed by atoms with Crippen LogP contribution in [0.15, 0.2) is 42.5 Å². The Morgan fingerprint density at radius 3 is 2.74 bits per heavy atom. The van der Waals surface area contributed by atoms with E-state index < -0.39 is 0 Å². The van der Waals surface area contributed by atoms with Crippen LogP contribution in [0.2, 0.25) is 0 Å². The average Bonchev–Trinajstić information content (AvgIpc) is 2.80. The smallest absolute Gasteiger partial charge is 0.108 e. The predicted octanol–water partition coefficient (Wildman–Crippen LogP) is 3.04. The minimum atomic E-state index is 0.616. The number of nitrogens with one attached hydrogen (secondary N) is 1. The van der Waals surface area contributed by atoms with Gasteiger partial charge in [-0.3, -0.25) is 0 Å². The molecular formula is C16H17N3. The summed E-state index contributed by atoms with van der Waals surface area (Å²) in [7, 11) is 0. The van der Waals surface area contributed by atoms with Gasteiger partial charge < -0.3 is 10.7 Å². The first-order valence-corrected chi connectivity index (χ1v) is 6.52. The molecule has 0 bridgehead atoms. The third-order valence-corrected chi connectivity index (χ3v) is 3.26. The lowest BCUT2D eigenvalue weighted by Gasteiger charge is -2.02. The molecule has 3 heteroatoms. The first kappa shape index (κ1) is 11.9. The molecule has 3 N–H and O–H groups in total. The van der Waals surface area contributed by atoms with Gasteiger partial charge in [-0.15, -0.1) is 0 Å². The zero-order valence-electron chi connectivity index (χ0n) is 11.0. The zero-order chi connectivity index (χ0) is 13.2. The molecule has 1 aromatic heterocycles. The predicted molar refractivity (Wildman–Crippen MR) is 79.0 cm³/mol. The van der Waals surface area contributed by atoms with E-state index in [-0.39, 0.29) is 0 Å². The van der Waals surface area contributed by atoms with E-state index in [4.69, 9.17) is 5.73 Å². The Balaban J connectivity index is 2.05. The van der Waals surface area contributed by atoms with Gasteiger partial charge in [-0.1, -0.05) is 35.9 Å². The summed E-state index contributed by atoms with van der Waals surface area (Å²) in [5.74, 6) is 0.957. The SMILES string of the molecule is Cc1cccc(-c2ccc3nc(CCN)[nH]c3c2)c1.